The van der Waals surface area contributed by atoms with Gasteiger partial charge in [0.1, 0.15) is 0 Å². The van der Waals surface area contributed by atoms with Gasteiger partial charge in [0, 0.05) is 18.2 Å². The van der Waals surface area contributed by atoms with Crippen LogP contribution >= 0.6 is 0 Å². The van der Waals surface area contributed by atoms with Crippen molar-refractivity contribution in [3.63, 3.8) is 0 Å². The summed E-state index contributed by atoms with van der Waals surface area (Å²) < 4.78 is 27.0. The summed E-state index contributed by atoms with van der Waals surface area (Å²) in [4.78, 5) is 12.3. The molecule has 2 aromatic carbocycles. The first kappa shape index (κ1) is 20.1. The predicted molar refractivity (Wildman–Crippen MR) is 104 cm³/mol. The summed E-state index contributed by atoms with van der Waals surface area (Å²) in [7, 11) is -3.55. The van der Waals surface area contributed by atoms with Crippen LogP contribution in [0.4, 0.5) is 0 Å². The zero-order valence-corrected chi connectivity index (χ0v) is 16.1. The second kappa shape index (κ2) is 9.50. The monoisotopic (exact) mass is 374 g/mol. The van der Waals surface area contributed by atoms with E-state index in [-0.39, 0.29) is 16.8 Å². The van der Waals surface area contributed by atoms with Crippen LogP contribution in [0.2, 0.25) is 0 Å². The Morgan fingerprint density at radius 3 is 2.31 bits per heavy atom. The van der Waals surface area contributed by atoms with Crippen LogP contribution in [-0.2, 0) is 16.4 Å². The number of nitrogens with one attached hydrogen (secondary N) is 2. The average molecular weight is 375 g/mol. The molecule has 0 bridgehead atoms. The van der Waals surface area contributed by atoms with E-state index in [4.69, 9.17) is 0 Å². The summed E-state index contributed by atoms with van der Waals surface area (Å²) in [5, 5.41) is 2.86. The van der Waals surface area contributed by atoms with E-state index in [2.05, 4.69) is 22.2 Å². The Labute approximate surface area is 155 Å². The van der Waals surface area contributed by atoms with Crippen LogP contribution < -0.4 is 10.0 Å². The van der Waals surface area contributed by atoms with Gasteiger partial charge in [0.15, 0.2) is 0 Å². The Bertz CT molecular complexity index is 803. The predicted octanol–water partition coefficient (Wildman–Crippen LogP) is 3.13. The first-order valence-corrected chi connectivity index (χ1v) is 10.3. The molecule has 0 aromatic heterocycles. The number of hydrogen-bond acceptors (Lipinski definition) is 3. The minimum absolute atomic E-state index is 0.132. The molecular weight excluding hydrogens is 348 g/mol. The number of carbonyl (C=O) groups is 1. The smallest absolute Gasteiger partial charge is 0.251 e. The largest absolute Gasteiger partial charge is 0.352 e. The van der Waals surface area contributed by atoms with Crippen LogP contribution in [0.15, 0.2) is 59.5 Å². The molecule has 0 heterocycles. The van der Waals surface area contributed by atoms with E-state index in [0.717, 1.165) is 12.8 Å². The van der Waals surface area contributed by atoms with Gasteiger partial charge in [-0.3, -0.25) is 4.79 Å². The second-order valence-corrected chi connectivity index (χ2v) is 8.01. The van der Waals surface area contributed by atoms with E-state index in [0.29, 0.717) is 18.5 Å². The van der Waals surface area contributed by atoms with Crippen molar-refractivity contribution in [3.8, 4) is 0 Å². The van der Waals surface area contributed by atoms with Gasteiger partial charge >= 0.3 is 0 Å². The molecule has 0 aliphatic heterocycles. The Hall–Kier alpha value is -2.18. The molecule has 26 heavy (non-hydrogen) atoms. The molecule has 2 rings (SSSR count). The molecule has 1 amide bonds. The van der Waals surface area contributed by atoms with Gasteiger partial charge in [-0.1, -0.05) is 37.3 Å². The summed E-state index contributed by atoms with van der Waals surface area (Å²) in [6, 6.07) is 16.0. The maximum absolute atomic E-state index is 12.2. The van der Waals surface area contributed by atoms with Gasteiger partial charge in [-0.15, -0.1) is 0 Å². The molecule has 0 saturated carbocycles. The van der Waals surface area contributed by atoms with Crippen molar-refractivity contribution in [2.45, 2.75) is 44.0 Å². The molecular formula is C20H26N2O3S. The molecule has 0 radical (unpaired) electrons. The fraction of sp³-hybridized carbons (Fsp3) is 0.350. The highest BCUT2D eigenvalue weighted by Gasteiger charge is 2.17. The molecule has 5 nitrogen and oxygen atoms in total. The molecule has 1 atom stereocenters. The van der Waals surface area contributed by atoms with Crippen molar-refractivity contribution < 1.29 is 13.2 Å². The van der Waals surface area contributed by atoms with E-state index >= 15 is 0 Å². The van der Waals surface area contributed by atoms with Crippen molar-refractivity contribution in [2.24, 2.45) is 0 Å². The molecule has 0 saturated heterocycles. The van der Waals surface area contributed by atoms with Crippen molar-refractivity contribution in [3.05, 3.63) is 65.7 Å². The number of amides is 1. The fourth-order valence-electron chi connectivity index (χ4n) is 2.44. The maximum atomic E-state index is 12.2. The molecule has 0 aliphatic carbocycles. The van der Waals surface area contributed by atoms with E-state index in [1.165, 1.54) is 29.8 Å². The third-order valence-corrected chi connectivity index (χ3v) is 5.77. The van der Waals surface area contributed by atoms with Crippen molar-refractivity contribution in [2.75, 3.05) is 6.54 Å². The minimum Gasteiger partial charge on any atom is -0.352 e. The van der Waals surface area contributed by atoms with Crippen LogP contribution in [0.1, 0.15) is 42.6 Å². The number of rotatable bonds is 9. The van der Waals surface area contributed by atoms with Crippen LogP contribution in [0.25, 0.3) is 0 Å². The van der Waals surface area contributed by atoms with Gasteiger partial charge in [-0.25, -0.2) is 13.1 Å². The topological polar surface area (TPSA) is 75.3 Å². The van der Waals surface area contributed by atoms with Gasteiger partial charge in [0.25, 0.3) is 5.91 Å². The number of hydrogen-bond donors (Lipinski definition) is 2. The Kier molecular flexibility index (Phi) is 7.36. The number of carbonyl (C=O) groups excluding carboxylic acids is 1. The first-order chi connectivity index (χ1) is 12.4. The first-order valence-electron chi connectivity index (χ1n) is 8.87. The summed E-state index contributed by atoms with van der Waals surface area (Å²) in [5.41, 5.74) is 1.69. The van der Waals surface area contributed by atoms with Crippen LogP contribution in [0.5, 0.6) is 0 Å². The van der Waals surface area contributed by atoms with Crippen LogP contribution in [0.3, 0.4) is 0 Å². The Balaban J connectivity index is 1.86. The third-order valence-electron chi connectivity index (χ3n) is 4.17. The molecule has 140 valence electrons. The number of aryl methyl sites for hydroxylation is 1. The van der Waals surface area contributed by atoms with E-state index in [9.17, 15) is 13.2 Å². The fourth-order valence-corrected chi connectivity index (χ4v) is 3.77. The van der Waals surface area contributed by atoms with Gasteiger partial charge < -0.3 is 5.32 Å². The van der Waals surface area contributed by atoms with Crippen LogP contribution in [-0.4, -0.2) is 26.9 Å². The standard InChI is InChI=1S/C20H26N2O3S/c1-3-16(2)22-26(24,25)19-13-11-18(12-14-19)20(23)21-15-7-10-17-8-5-4-6-9-17/h4-6,8-9,11-14,16,22H,3,7,10,15H2,1-2H3,(H,21,23). The summed E-state index contributed by atoms with van der Waals surface area (Å²) in [5.74, 6) is -0.197. The molecule has 6 heteroatoms. The third kappa shape index (κ3) is 5.97. The highest BCUT2D eigenvalue weighted by atomic mass is 32.2. The van der Waals surface area contributed by atoms with Gasteiger partial charge in [0.05, 0.1) is 4.90 Å². The van der Waals surface area contributed by atoms with Gasteiger partial charge in [0.2, 0.25) is 10.0 Å². The molecule has 1 unspecified atom stereocenters. The number of sulfonamides is 1. The van der Waals surface area contributed by atoms with Gasteiger partial charge in [-0.2, -0.15) is 0 Å². The zero-order chi connectivity index (χ0) is 19.0. The van der Waals surface area contributed by atoms with Crippen molar-refractivity contribution >= 4 is 15.9 Å². The SMILES string of the molecule is CCC(C)NS(=O)(=O)c1ccc(C(=O)NCCCc2ccccc2)cc1. The zero-order valence-electron chi connectivity index (χ0n) is 15.2. The van der Waals surface area contributed by atoms with Crippen molar-refractivity contribution in [1.29, 1.82) is 0 Å². The molecule has 2 N–H and O–H groups in total. The lowest BCUT2D eigenvalue weighted by molar-refractivity contribution is 0.0953. The van der Waals surface area contributed by atoms with Gasteiger partial charge in [-0.05, 0) is 56.0 Å². The highest BCUT2D eigenvalue weighted by molar-refractivity contribution is 7.89. The normalized spacial score (nSPS) is 12.5. The van der Waals surface area contributed by atoms with Crippen LogP contribution in [0, 0.1) is 0 Å². The summed E-state index contributed by atoms with van der Waals surface area (Å²) in [6.07, 6.45) is 2.46. The Morgan fingerprint density at radius 1 is 1.04 bits per heavy atom. The quantitative estimate of drug-likeness (QED) is 0.662. The van der Waals surface area contributed by atoms with E-state index < -0.39 is 10.0 Å². The molecule has 2 aromatic rings. The second-order valence-electron chi connectivity index (χ2n) is 6.30. The number of benzene rings is 2. The molecule has 0 aliphatic rings. The summed E-state index contributed by atoms with van der Waals surface area (Å²) >= 11 is 0. The lowest BCUT2D eigenvalue weighted by Gasteiger charge is -2.12. The van der Waals surface area contributed by atoms with Crippen molar-refractivity contribution in [1.82, 2.24) is 10.0 Å². The highest BCUT2D eigenvalue weighted by Crippen LogP contribution is 2.12. The minimum atomic E-state index is -3.55. The maximum Gasteiger partial charge on any atom is 0.251 e. The molecule has 0 fully saturated rings. The van der Waals surface area contributed by atoms with E-state index in [1.54, 1.807) is 0 Å². The lowest BCUT2D eigenvalue weighted by atomic mass is 10.1. The molecule has 0 spiro atoms. The summed E-state index contributed by atoms with van der Waals surface area (Å²) in [6.45, 7) is 4.30. The van der Waals surface area contributed by atoms with E-state index in [1.807, 2.05) is 32.0 Å². The average Bonchev–Trinajstić information content (AvgIpc) is 2.65. The Morgan fingerprint density at radius 2 is 1.69 bits per heavy atom. The lowest BCUT2D eigenvalue weighted by Crippen LogP contribution is -2.32.